The summed E-state index contributed by atoms with van der Waals surface area (Å²) in [6.07, 6.45) is 6.78. The summed E-state index contributed by atoms with van der Waals surface area (Å²) >= 11 is 0. The van der Waals surface area contributed by atoms with E-state index in [-0.39, 0.29) is 28.7 Å². The molecule has 0 radical (unpaired) electrons. The molecule has 0 amide bonds. The zero-order chi connectivity index (χ0) is 21.6. The summed E-state index contributed by atoms with van der Waals surface area (Å²) < 4.78 is 50.4. The number of hydrogen-bond acceptors (Lipinski definition) is 7. The lowest BCUT2D eigenvalue weighted by molar-refractivity contribution is 0.302. The maximum atomic E-state index is 14.8. The van der Waals surface area contributed by atoms with E-state index in [2.05, 4.69) is 25.1 Å². The Kier molecular flexibility index (Phi) is 5.09. The van der Waals surface area contributed by atoms with Gasteiger partial charge in [-0.2, -0.15) is 4.98 Å². The fourth-order valence-electron chi connectivity index (χ4n) is 4.17. The predicted octanol–water partition coefficient (Wildman–Crippen LogP) is 3.12. The van der Waals surface area contributed by atoms with Gasteiger partial charge in [-0.3, -0.25) is 0 Å². The van der Waals surface area contributed by atoms with Crippen molar-refractivity contribution in [3.8, 4) is 11.4 Å². The van der Waals surface area contributed by atoms with E-state index in [9.17, 15) is 12.8 Å². The van der Waals surface area contributed by atoms with Crippen LogP contribution in [0.3, 0.4) is 0 Å². The number of benzene rings is 1. The average Bonchev–Trinajstić information content (AvgIpc) is 3.30. The number of halogens is 1. The van der Waals surface area contributed by atoms with Crippen LogP contribution >= 0.6 is 0 Å². The quantitative estimate of drug-likeness (QED) is 0.618. The van der Waals surface area contributed by atoms with Crippen molar-refractivity contribution in [3.63, 3.8) is 0 Å². The highest BCUT2D eigenvalue weighted by atomic mass is 32.2. The first-order valence-corrected chi connectivity index (χ1v) is 11.9. The van der Waals surface area contributed by atoms with Crippen LogP contribution in [0.4, 0.5) is 4.39 Å². The van der Waals surface area contributed by atoms with E-state index < -0.39 is 15.8 Å². The Labute approximate surface area is 179 Å². The highest BCUT2D eigenvalue weighted by molar-refractivity contribution is 7.89. The molecule has 2 fully saturated rings. The van der Waals surface area contributed by atoms with E-state index in [1.807, 2.05) is 11.5 Å². The molecular weight excluding hydrogens is 423 g/mol. The van der Waals surface area contributed by atoms with Crippen LogP contribution < -0.4 is 4.72 Å². The molecule has 0 unspecified atom stereocenters. The normalized spacial score (nSPS) is 22.0. The maximum Gasteiger partial charge on any atom is 0.243 e. The summed E-state index contributed by atoms with van der Waals surface area (Å²) in [5.41, 5.74) is 0.382. The van der Waals surface area contributed by atoms with E-state index in [0.29, 0.717) is 24.3 Å². The standard InChI is InChI=1S/C20H23FN6O3S/c1-12-24-22-11-27(12)16-4-2-3-15(10-16)26-31(28,29)18-8-7-14(9-17(18)21)19-23-20(30-25-19)13-5-6-13/h7-9,11,13,15-16,26H,2-6,10H2,1H3/t15-,16+/m0/s1. The summed E-state index contributed by atoms with van der Waals surface area (Å²) in [5.74, 6) is 1.04. The molecule has 1 aromatic carbocycles. The second kappa shape index (κ2) is 7.79. The summed E-state index contributed by atoms with van der Waals surface area (Å²) in [5, 5.41) is 11.8. The van der Waals surface area contributed by atoms with Gasteiger partial charge in [0.2, 0.25) is 21.7 Å². The number of nitrogens with zero attached hydrogens (tertiary/aromatic N) is 5. The minimum absolute atomic E-state index is 0.113. The Morgan fingerprint density at radius 1 is 1.23 bits per heavy atom. The van der Waals surface area contributed by atoms with Crippen LogP contribution in [0.1, 0.15) is 62.2 Å². The summed E-state index contributed by atoms with van der Waals surface area (Å²) in [7, 11) is -4.02. The molecule has 0 saturated heterocycles. The Hall–Kier alpha value is -2.66. The lowest BCUT2D eigenvalue weighted by Crippen LogP contribution is -2.39. The van der Waals surface area contributed by atoms with Gasteiger partial charge < -0.3 is 9.09 Å². The van der Waals surface area contributed by atoms with Crippen LogP contribution in [-0.4, -0.2) is 39.4 Å². The van der Waals surface area contributed by atoms with Crippen molar-refractivity contribution < 1.29 is 17.3 Å². The third-order valence-electron chi connectivity index (χ3n) is 5.96. The Morgan fingerprint density at radius 3 is 2.77 bits per heavy atom. The van der Waals surface area contributed by atoms with Gasteiger partial charge in [0.15, 0.2) is 0 Å². The van der Waals surface area contributed by atoms with Gasteiger partial charge >= 0.3 is 0 Å². The number of aryl methyl sites for hydroxylation is 1. The van der Waals surface area contributed by atoms with Gasteiger partial charge in [-0.05, 0) is 63.6 Å². The number of rotatable bonds is 6. The van der Waals surface area contributed by atoms with E-state index in [0.717, 1.165) is 37.6 Å². The third kappa shape index (κ3) is 4.11. The molecule has 2 atom stereocenters. The van der Waals surface area contributed by atoms with Crippen molar-refractivity contribution in [1.82, 2.24) is 29.6 Å². The maximum absolute atomic E-state index is 14.8. The Morgan fingerprint density at radius 2 is 2.06 bits per heavy atom. The van der Waals surface area contributed by atoms with Crippen molar-refractivity contribution in [2.45, 2.75) is 68.3 Å². The van der Waals surface area contributed by atoms with Gasteiger partial charge in [0, 0.05) is 23.6 Å². The number of aromatic nitrogens is 5. The first kappa shape index (κ1) is 20.3. The number of nitrogens with one attached hydrogen (secondary N) is 1. The van der Waals surface area contributed by atoms with Gasteiger partial charge in [0.25, 0.3) is 0 Å². The smallest absolute Gasteiger partial charge is 0.243 e. The highest BCUT2D eigenvalue weighted by Crippen LogP contribution is 2.39. The highest BCUT2D eigenvalue weighted by Gasteiger charge is 2.31. The molecule has 0 bridgehead atoms. The molecule has 2 aliphatic rings. The number of hydrogen-bond donors (Lipinski definition) is 1. The largest absolute Gasteiger partial charge is 0.339 e. The number of sulfonamides is 1. The molecule has 2 saturated carbocycles. The molecule has 2 heterocycles. The first-order valence-electron chi connectivity index (χ1n) is 10.4. The molecule has 2 aromatic heterocycles. The molecule has 0 aliphatic heterocycles. The van der Waals surface area contributed by atoms with Crippen molar-refractivity contribution >= 4 is 10.0 Å². The molecule has 3 aromatic rings. The van der Waals surface area contributed by atoms with Crippen molar-refractivity contribution in [2.75, 3.05) is 0 Å². The summed E-state index contributed by atoms with van der Waals surface area (Å²) in [6, 6.07) is 3.72. The van der Waals surface area contributed by atoms with Crippen molar-refractivity contribution in [1.29, 1.82) is 0 Å². The first-order chi connectivity index (χ1) is 14.9. The Bertz CT molecular complexity index is 1200. The molecule has 11 heteroatoms. The summed E-state index contributed by atoms with van der Waals surface area (Å²) in [4.78, 5) is 3.90. The zero-order valence-electron chi connectivity index (χ0n) is 17.0. The molecule has 5 rings (SSSR count). The van der Waals surface area contributed by atoms with E-state index >= 15 is 0 Å². The minimum Gasteiger partial charge on any atom is -0.339 e. The van der Waals surface area contributed by atoms with Crippen LogP contribution in [0.5, 0.6) is 0 Å². The molecule has 2 aliphatic carbocycles. The fraction of sp³-hybridized carbons (Fsp3) is 0.500. The van der Waals surface area contributed by atoms with Crippen LogP contribution in [0.2, 0.25) is 0 Å². The minimum atomic E-state index is -4.02. The second-order valence-corrected chi connectivity index (χ2v) is 9.98. The molecular formula is C20H23FN6O3S. The lowest BCUT2D eigenvalue weighted by Gasteiger charge is -2.30. The van der Waals surface area contributed by atoms with Crippen LogP contribution in [0.15, 0.2) is 33.9 Å². The molecule has 0 spiro atoms. The van der Waals surface area contributed by atoms with Gasteiger partial charge in [-0.15, -0.1) is 10.2 Å². The van der Waals surface area contributed by atoms with Gasteiger partial charge in [-0.25, -0.2) is 17.5 Å². The van der Waals surface area contributed by atoms with Crippen LogP contribution in [-0.2, 0) is 10.0 Å². The van der Waals surface area contributed by atoms with Crippen molar-refractivity contribution in [3.05, 3.63) is 42.1 Å². The van der Waals surface area contributed by atoms with Crippen molar-refractivity contribution in [2.24, 2.45) is 0 Å². The topological polar surface area (TPSA) is 116 Å². The second-order valence-electron chi connectivity index (χ2n) is 8.30. The predicted molar refractivity (Wildman–Crippen MR) is 108 cm³/mol. The van der Waals surface area contributed by atoms with Gasteiger partial charge in [0.05, 0.1) is 0 Å². The van der Waals surface area contributed by atoms with E-state index in [4.69, 9.17) is 4.52 Å². The van der Waals surface area contributed by atoms with E-state index in [1.165, 1.54) is 12.1 Å². The SMILES string of the molecule is Cc1nncn1[C@@H]1CCC[C@H](NS(=O)(=O)c2ccc(-c3noc(C4CC4)n3)cc2F)C1. The summed E-state index contributed by atoms with van der Waals surface area (Å²) in [6.45, 7) is 1.87. The fourth-order valence-corrected chi connectivity index (χ4v) is 5.51. The molecule has 164 valence electrons. The lowest BCUT2D eigenvalue weighted by atomic mass is 9.91. The van der Waals surface area contributed by atoms with E-state index in [1.54, 1.807) is 6.33 Å². The zero-order valence-corrected chi connectivity index (χ0v) is 17.8. The van der Waals surface area contributed by atoms with Crippen LogP contribution in [0, 0.1) is 12.7 Å². The van der Waals surface area contributed by atoms with Gasteiger partial charge in [0.1, 0.15) is 22.9 Å². The monoisotopic (exact) mass is 446 g/mol. The van der Waals surface area contributed by atoms with Gasteiger partial charge in [-0.1, -0.05) is 5.16 Å². The average molecular weight is 447 g/mol. The molecule has 1 N–H and O–H groups in total. The van der Waals surface area contributed by atoms with Crippen LogP contribution in [0.25, 0.3) is 11.4 Å². The third-order valence-corrected chi connectivity index (χ3v) is 7.52. The Balaban J connectivity index is 1.32. The molecule has 9 nitrogen and oxygen atoms in total. The molecule has 31 heavy (non-hydrogen) atoms.